The molecule has 1 atom stereocenters. The smallest absolute Gasteiger partial charge is 0.123 e. The van der Waals surface area contributed by atoms with E-state index in [0.717, 1.165) is 22.1 Å². The van der Waals surface area contributed by atoms with Crippen molar-refractivity contribution in [1.82, 2.24) is 0 Å². The molecule has 0 saturated carbocycles. The van der Waals surface area contributed by atoms with E-state index in [1.165, 1.54) is 22.5 Å². The van der Waals surface area contributed by atoms with E-state index in [1.54, 1.807) is 0 Å². The number of hydrogen-bond acceptors (Lipinski definition) is 2. The Balaban J connectivity index is 1.95. The number of thiophene rings is 1. The van der Waals surface area contributed by atoms with Gasteiger partial charge in [-0.05, 0) is 37.1 Å². The van der Waals surface area contributed by atoms with Crippen LogP contribution in [0.3, 0.4) is 0 Å². The summed E-state index contributed by atoms with van der Waals surface area (Å²) in [6, 6.07) is 8.21. The Labute approximate surface area is 141 Å². The highest BCUT2D eigenvalue weighted by molar-refractivity contribution is 9.09. The molecule has 1 aromatic carbocycles. The highest BCUT2D eigenvalue weighted by Crippen LogP contribution is 2.43. The largest absolute Gasteiger partial charge is 0.487 e. The Morgan fingerprint density at radius 2 is 2.05 bits per heavy atom. The third-order valence-electron chi connectivity index (χ3n) is 3.34. The summed E-state index contributed by atoms with van der Waals surface area (Å²) < 4.78 is 7.34. The number of fused-ring (bicyclic) bond motifs is 1. The van der Waals surface area contributed by atoms with Crippen molar-refractivity contribution >= 4 is 50.5 Å². The average molecular weight is 392 g/mol. The number of alkyl halides is 1. The van der Waals surface area contributed by atoms with Crippen LogP contribution in [0.15, 0.2) is 24.3 Å². The molecule has 0 saturated heterocycles. The fourth-order valence-corrected chi connectivity index (χ4v) is 4.95. The van der Waals surface area contributed by atoms with Crippen LogP contribution in [-0.2, 0) is 6.42 Å². The minimum absolute atomic E-state index is 0.0489. The quantitative estimate of drug-likeness (QED) is 0.549. The lowest BCUT2D eigenvalue weighted by Crippen LogP contribution is -2.24. The van der Waals surface area contributed by atoms with Gasteiger partial charge in [-0.25, -0.2) is 0 Å². The van der Waals surface area contributed by atoms with Gasteiger partial charge in [0.25, 0.3) is 0 Å². The first-order chi connectivity index (χ1) is 9.35. The summed E-state index contributed by atoms with van der Waals surface area (Å²) in [4.78, 5) is 0.0489. The molecule has 0 fully saturated rings. The van der Waals surface area contributed by atoms with Crippen molar-refractivity contribution in [3.05, 3.63) is 49.6 Å². The van der Waals surface area contributed by atoms with Gasteiger partial charge in [-0.3, -0.25) is 0 Å². The molecule has 106 valence electrons. The lowest BCUT2D eigenvalue weighted by Gasteiger charge is -2.16. The second kappa shape index (κ2) is 5.20. The van der Waals surface area contributed by atoms with E-state index in [-0.39, 0.29) is 10.4 Å². The molecule has 0 radical (unpaired) electrons. The van der Waals surface area contributed by atoms with Gasteiger partial charge in [-0.1, -0.05) is 51.3 Å². The first-order valence-corrected chi connectivity index (χ1v) is 8.75. The number of hydrogen-bond donors (Lipinski definition) is 0. The van der Waals surface area contributed by atoms with Crippen LogP contribution >= 0.6 is 50.5 Å². The highest BCUT2D eigenvalue weighted by Gasteiger charge is 2.30. The molecule has 5 heteroatoms. The zero-order valence-electron chi connectivity index (χ0n) is 11.0. The van der Waals surface area contributed by atoms with Crippen molar-refractivity contribution in [2.75, 3.05) is 0 Å². The Bertz CT molecular complexity index is 666. The molecule has 1 aliphatic rings. The molecular weight excluding hydrogens is 379 g/mol. The predicted molar refractivity (Wildman–Crippen MR) is 90.0 cm³/mol. The van der Waals surface area contributed by atoms with Gasteiger partial charge < -0.3 is 4.74 Å². The van der Waals surface area contributed by atoms with Gasteiger partial charge >= 0.3 is 0 Å². The summed E-state index contributed by atoms with van der Waals surface area (Å²) in [6.07, 6.45) is 0.925. The van der Waals surface area contributed by atoms with Crippen LogP contribution in [0.25, 0.3) is 0 Å². The first-order valence-electron chi connectivity index (χ1n) is 6.26. The number of halogens is 3. The lowest BCUT2D eigenvalue weighted by atomic mass is 9.98. The Kier molecular flexibility index (Phi) is 3.83. The molecule has 0 bridgehead atoms. The number of benzene rings is 1. The van der Waals surface area contributed by atoms with Gasteiger partial charge in [0.05, 0.1) is 13.5 Å². The zero-order valence-corrected chi connectivity index (χ0v) is 15.0. The molecule has 0 N–H and O–H groups in total. The van der Waals surface area contributed by atoms with Crippen molar-refractivity contribution in [3.63, 3.8) is 0 Å². The maximum absolute atomic E-state index is 6.23. The van der Waals surface area contributed by atoms with Gasteiger partial charge in [-0.15, -0.1) is 11.3 Å². The van der Waals surface area contributed by atoms with E-state index in [2.05, 4.69) is 41.9 Å². The summed E-state index contributed by atoms with van der Waals surface area (Å²) in [5.74, 6) is 0.980. The maximum Gasteiger partial charge on any atom is 0.123 e. The standard InChI is InChI=1S/C15H13BrCl2OS/c1-15(2)7-9-5-8(3-4-11(9)19-15)13(16)10-6-12(17)20-14(10)18/h3-6,13H,7H2,1-2H3. The Hall–Kier alpha value is -0.220. The summed E-state index contributed by atoms with van der Waals surface area (Å²) in [5.41, 5.74) is 3.31. The van der Waals surface area contributed by atoms with E-state index in [1.807, 2.05) is 12.1 Å². The average Bonchev–Trinajstić information content (AvgIpc) is 2.84. The van der Waals surface area contributed by atoms with Crippen LogP contribution in [0.5, 0.6) is 5.75 Å². The molecule has 1 nitrogen and oxygen atoms in total. The molecular formula is C15H13BrCl2OS. The number of ether oxygens (including phenoxy) is 1. The minimum atomic E-state index is -0.119. The molecule has 1 unspecified atom stereocenters. The first kappa shape index (κ1) is 14.7. The van der Waals surface area contributed by atoms with E-state index >= 15 is 0 Å². The van der Waals surface area contributed by atoms with Gasteiger partial charge in [-0.2, -0.15) is 0 Å². The molecule has 0 spiro atoms. The summed E-state index contributed by atoms with van der Waals surface area (Å²) in [5, 5.41) is 0. The monoisotopic (exact) mass is 390 g/mol. The van der Waals surface area contributed by atoms with Crippen LogP contribution in [0.1, 0.15) is 35.4 Å². The fourth-order valence-electron chi connectivity index (χ4n) is 2.49. The molecule has 1 aromatic heterocycles. The van der Waals surface area contributed by atoms with Gasteiger partial charge in [0.1, 0.15) is 11.4 Å². The maximum atomic E-state index is 6.23. The Morgan fingerprint density at radius 3 is 2.70 bits per heavy atom. The summed E-state index contributed by atoms with van der Waals surface area (Å²) in [7, 11) is 0. The van der Waals surface area contributed by atoms with Gasteiger partial charge in [0.15, 0.2) is 0 Å². The SMILES string of the molecule is CC1(C)Cc2cc(C(Br)c3cc(Cl)sc3Cl)ccc2O1. The lowest BCUT2D eigenvalue weighted by molar-refractivity contribution is 0.138. The van der Waals surface area contributed by atoms with Crippen LogP contribution in [-0.4, -0.2) is 5.60 Å². The van der Waals surface area contributed by atoms with Crippen LogP contribution < -0.4 is 4.74 Å². The third kappa shape index (κ3) is 2.74. The summed E-state index contributed by atoms with van der Waals surface area (Å²) in [6.45, 7) is 4.21. The van der Waals surface area contributed by atoms with Crippen molar-refractivity contribution in [1.29, 1.82) is 0 Å². The van der Waals surface area contributed by atoms with E-state index in [0.29, 0.717) is 4.34 Å². The third-order valence-corrected chi connectivity index (χ3v) is 5.88. The molecule has 1 aliphatic heterocycles. The van der Waals surface area contributed by atoms with E-state index < -0.39 is 0 Å². The molecule has 2 heterocycles. The predicted octanol–water partition coefficient (Wildman–Crippen LogP) is 6.25. The number of rotatable bonds is 2. The molecule has 3 rings (SSSR count). The molecule has 0 amide bonds. The minimum Gasteiger partial charge on any atom is -0.487 e. The zero-order chi connectivity index (χ0) is 14.5. The topological polar surface area (TPSA) is 9.23 Å². The van der Waals surface area contributed by atoms with Crippen molar-refractivity contribution in [2.24, 2.45) is 0 Å². The van der Waals surface area contributed by atoms with Crippen molar-refractivity contribution in [2.45, 2.75) is 30.7 Å². The summed E-state index contributed by atoms with van der Waals surface area (Å²) >= 11 is 17.4. The molecule has 20 heavy (non-hydrogen) atoms. The van der Waals surface area contributed by atoms with Gasteiger partial charge in [0.2, 0.25) is 0 Å². The highest BCUT2D eigenvalue weighted by atomic mass is 79.9. The normalized spacial score (nSPS) is 17.6. The van der Waals surface area contributed by atoms with E-state index in [9.17, 15) is 0 Å². The second-order valence-corrected chi connectivity index (χ2v) is 8.75. The van der Waals surface area contributed by atoms with Crippen LogP contribution in [0.4, 0.5) is 0 Å². The fraction of sp³-hybridized carbons (Fsp3) is 0.333. The Morgan fingerprint density at radius 1 is 1.30 bits per heavy atom. The van der Waals surface area contributed by atoms with Crippen LogP contribution in [0, 0.1) is 0 Å². The van der Waals surface area contributed by atoms with Crippen molar-refractivity contribution < 1.29 is 4.74 Å². The van der Waals surface area contributed by atoms with Crippen LogP contribution in [0.2, 0.25) is 8.67 Å². The van der Waals surface area contributed by atoms with Gasteiger partial charge in [0, 0.05) is 12.0 Å². The van der Waals surface area contributed by atoms with E-state index in [4.69, 9.17) is 27.9 Å². The second-order valence-electron chi connectivity index (χ2n) is 5.55. The molecule has 2 aromatic rings. The van der Waals surface area contributed by atoms with Crippen molar-refractivity contribution in [3.8, 4) is 5.75 Å². The molecule has 0 aliphatic carbocycles.